The molecule has 0 aromatic heterocycles. The van der Waals surface area contributed by atoms with Crippen molar-refractivity contribution in [1.29, 1.82) is 0 Å². The number of nitrogens with zero attached hydrogens (tertiary/aromatic N) is 1. The van der Waals surface area contributed by atoms with Crippen molar-refractivity contribution in [3.8, 4) is 11.5 Å². The second-order valence-electron chi connectivity index (χ2n) is 7.75. The van der Waals surface area contributed by atoms with Crippen molar-refractivity contribution in [2.75, 3.05) is 39.5 Å². The minimum atomic E-state index is -3.92. The number of amides is 2. The van der Waals surface area contributed by atoms with Crippen LogP contribution in [-0.4, -0.2) is 70.2 Å². The molecule has 2 heterocycles. The van der Waals surface area contributed by atoms with Gasteiger partial charge in [-0.3, -0.25) is 9.59 Å². The molecule has 0 bridgehead atoms. The molecule has 2 amide bonds. The zero-order valence-corrected chi connectivity index (χ0v) is 18.6. The number of hydrogen-bond acceptors (Lipinski definition) is 7. The van der Waals surface area contributed by atoms with Crippen LogP contribution in [0.4, 0.5) is 0 Å². The lowest BCUT2D eigenvalue weighted by Gasteiger charge is -2.34. The van der Waals surface area contributed by atoms with Gasteiger partial charge in [-0.25, -0.2) is 8.42 Å². The largest absolute Gasteiger partial charge is 0.486 e. The van der Waals surface area contributed by atoms with Crippen LogP contribution in [0, 0.1) is 5.92 Å². The highest BCUT2D eigenvalue weighted by Crippen LogP contribution is 2.34. The van der Waals surface area contributed by atoms with Crippen molar-refractivity contribution in [3.05, 3.63) is 18.2 Å². The first-order valence-electron chi connectivity index (χ1n) is 10.4. The van der Waals surface area contributed by atoms with Gasteiger partial charge in [-0.2, -0.15) is 4.31 Å². The number of sulfonamides is 1. The zero-order chi connectivity index (χ0) is 22.4. The van der Waals surface area contributed by atoms with E-state index in [2.05, 4.69) is 10.6 Å². The molecule has 0 aliphatic carbocycles. The van der Waals surface area contributed by atoms with Crippen LogP contribution < -0.4 is 20.1 Å². The van der Waals surface area contributed by atoms with Crippen LogP contribution in [0.3, 0.4) is 0 Å². The molecule has 0 spiro atoms. The van der Waals surface area contributed by atoms with E-state index >= 15 is 0 Å². The summed E-state index contributed by atoms with van der Waals surface area (Å²) in [5.74, 6) is -0.314. The Bertz CT molecular complexity index is 904. The third kappa shape index (κ3) is 5.86. The Kier molecular flexibility index (Phi) is 7.74. The van der Waals surface area contributed by atoms with Gasteiger partial charge in [0.1, 0.15) is 19.4 Å². The van der Waals surface area contributed by atoms with E-state index in [9.17, 15) is 18.0 Å². The van der Waals surface area contributed by atoms with E-state index in [1.807, 2.05) is 13.8 Å². The molecule has 2 N–H and O–H groups in total. The Morgan fingerprint density at radius 3 is 2.55 bits per heavy atom. The SMILES string of the molecule is CC(C)CCNC(=O)C(=O)NC[C@H]1OCCCN1S(=O)(=O)c1ccc2c(c1)OCCO2. The van der Waals surface area contributed by atoms with Crippen molar-refractivity contribution < 1.29 is 32.2 Å². The smallest absolute Gasteiger partial charge is 0.309 e. The van der Waals surface area contributed by atoms with Gasteiger partial charge in [0.2, 0.25) is 10.0 Å². The molecule has 0 unspecified atom stereocenters. The standard InChI is InChI=1S/C20H29N3O7S/c1-14(2)6-7-21-19(24)20(25)22-13-18-23(8-3-9-30-18)31(26,27)15-4-5-16-17(12-15)29-11-10-28-16/h4-5,12,14,18H,3,6-11,13H2,1-2H3,(H,21,24)(H,22,25)/t18-/m1/s1. The minimum Gasteiger partial charge on any atom is -0.486 e. The molecule has 31 heavy (non-hydrogen) atoms. The van der Waals surface area contributed by atoms with E-state index in [0.717, 1.165) is 6.42 Å². The molecule has 1 aromatic carbocycles. The van der Waals surface area contributed by atoms with E-state index in [4.69, 9.17) is 14.2 Å². The quantitative estimate of drug-likeness (QED) is 0.573. The number of carbonyl (C=O) groups excluding carboxylic acids is 2. The maximum Gasteiger partial charge on any atom is 0.309 e. The third-order valence-corrected chi connectivity index (χ3v) is 6.81. The van der Waals surface area contributed by atoms with E-state index in [0.29, 0.717) is 50.2 Å². The Balaban J connectivity index is 1.64. The summed E-state index contributed by atoms with van der Waals surface area (Å²) in [6, 6.07) is 4.44. The monoisotopic (exact) mass is 455 g/mol. The Labute approximate surface area is 182 Å². The van der Waals surface area contributed by atoms with Crippen LogP contribution in [0.5, 0.6) is 11.5 Å². The van der Waals surface area contributed by atoms with Crippen molar-refractivity contribution in [1.82, 2.24) is 14.9 Å². The Morgan fingerprint density at radius 2 is 1.81 bits per heavy atom. The van der Waals surface area contributed by atoms with Crippen LogP contribution in [0.15, 0.2) is 23.1 Å². The van der Waals surface area contributed by atoms with Crippen LogP contribution in [0.25, 0.3) is 0 Å². The summed E-state index contributed by atoms with van der Waals surface area (Å²) < 4.78 is 44.2. The number of rotatable bonds is 7. The van der Waals surface area contributed by atoms with Gasteiger partial charge in [0.15, 0.2) is 11.5 Å². The number of ether oxygens (including phenoxy) is 3. The highest BCUT2D eigenvalue weighted by atomic mass is 32.2. The lowest BCUT2D eigenvalue weighted by molar-refractivity contribution is -0.140. The fourth-order valence-electron chi connectivity index (χ4n) is 3.24. The zero-order valence-electron chi connectivity index (χ0n) is 17.8. The second-order valence-corrected chi connectivity index (χ2v) is 9.64. The fourth-order valence-corrected chi connectivity index (χ4v) is 4.82. The average molecular weight is 456 g/mol. The van der Waals surface area contributed by atoms with Crippen molar-refractivity contribution in [3.63, 3.8) is 0 Å². The van der Waals surface area contributed by atoms with Gasteiger partial charge in [0.25, 0.3) is 0 Å². The van der Waals surface area contributed by atoms with Gasteiger partial charge in [-0.05, 0) is 30.9 Å². The summed E-state index contributed by atoms with van der Waals surface area (Å²) in [5.41, 5.74) is 0. The van der Waals surface area contributed by atoms with Crippen molar-refractivity contribution in [2.24, 2.45) is 5.92 Å². The van der Waals surface area contributed by atoms with Gasteiger partial charge in [-0.15, -0.1) is 0 Å². The molecule has 3 rings (SSSR count). The van der Waals surface area contributed by atoms with Crippen molar-refractivity contribution in [2.45, 2.75) is 37.8 Å². The molecule has 172 valence electrons. The molecule has 10 nitrogen and oxygen atoms in total. The van der Waals surface area contributed by atoms with Gasteiger partial charge >= 0.3 is 11.8 Å². The lowest BCUT2D eigenvalue weighted by atomic mass is 10.1. The first kappa shape index (κ1) is 23.3. The van der Waals surface area contributed by atoms with E-state index in [-0.39, 0.29) is 18.0 Å². The predicted molar refractivity (Wildman–Crippen MR) is 111 cm³/mol. The first-order chi connectivity index (χ1) is 14.8. The van der Waals surface area contributed by atoms with Gasteiger partial charge in [0.05, 0.1) is 18.0 Å². The summed E-state index contributed by atoms with van der Waals surface area (Å²) in [4.78, 5) is 24.0. The summed E-state index contributed by atoms with van der Waals surface area (Å²) in [7, 11) is -3.92. The van der Waals surface area contributed by atoms with Crippen LogP contribution in [0.2, 0.25) is 0 Å². The number of nitrogens with one attached hydrogen (secondary N) is 2. The lowest BCUT2D eigenvalue weighted by Crippen LogP contribution is -2.53. The fraction of sp³-hybridized carbons (Fsp3) is 0.600. The molecule has 11 heteroatoms. The predicted octanol–water partition coefficient (Wildman–Crippen LogP) is 0.473. The number of carbonyl (C=O) groups is 2. The normalized spacial score (nSPS) is 19.1. The Hall–Kier alpha value is -2.37. The summed E-state index contributed by atoms with van der Waals surface area (Å²) >= 11 is 0. The molecule has 1 atom stereocenters. The molecule has 2 aliphatic rings. The molecular weight excluding hydrogens is 426 g/mol. The van der Waals surface area contributed by atoms with Gasteiger partial charge in [-0.1, -0.05) is 13.8 Å². The summed E-state index contributed by atoms with van der Waals surface area (Å²) in [6.07, 6.45) is 0.357. The van der Waals surface area contributed by atoms with Gasteiger partial charge < -0.3 is 24.8 Å². The van der Waals surface area contributed by atoms with E-state index in [1.165, 1.54) is 16.4 Å². The third-order valence-electron chi connectivity index (χ3n) is 4.93. The van der Waals surface area contributed by atoms with Gasteiger partial charge in [0, 0.05) is 19.2 Å². The molecule has 1 fully saturated rings. The molecule has 2 aliphatic heterocycles. The van der Waals surface area contributed by atoms with Crippen LogP contribution in [-0.2, 0) is 24.3 Å². The molecular formula is C20H29N3O7S. The number of benzene rings is 1. The topological polar surface area (TPSA) is 123 Å². The average Bonchev–Trinajstić information content (AvgIpc) is 2.76. The molecule has 1 saturated heterocycles. The van der Waals surface area contributed by atoms with Crippen LogP contribution >= 0.6 is 0 Å². The van der Waals surface area contributed by atoms with Crippen LogP contribution in [0.1, 0.15) is 26.7 Å². The molecule has 1 aromatic rings. The second kappa shape index (κ2) is 10.3. The summed E-state index contributed by atoms with van der Waals surface area (Å²) in [5, 5.41) is 5.02. The maximum absolute atomic E-state index is 13.2. The van der Waals surface area contributed by atoms with E-state index < -0.39 is 28.1 Å². The summed E-state index contributed by atoms with van der Waals surface area (Å²) in [6.45, 7) is 5.64. The van der Waals surface area contributed by atoms with Crippen molar-refractivity contribution >= 4 is 21.8 Å². The highest BCUT2D eigenvalue weighted by Gasteiger charge is 2.35. The maximum atomic E-state index is 13.2. The number of hydrogen-bond donors (Lipinski definition) is 2. The van der Waals surface area contributed by atoms with E-state index in [1.54, 1.807) is 6.07 Å². The minimum absolute atomic E-state index is 0.0463. The molecule has 0 saturated carbocycles. The number of fused-ring (bicyclic) bond motifs is 1. The first-order valence-corrected chi connectivity index (χ1v) is 11.8. The Morgan fingerprint density at radius 1 is 1.10 bits per heavy atom. The highest BCUT2D eigenvalue weighted by molar-refractivity contribution is 7.89. The molecule has 0 radical (unpaired) electrons.